The number of nitrogens with zero attached hydrogens (tertiary/aromatic N) is 1. The van der Waals surface area contributed by atoms with Crippen molar-refractivity contribution >= 4 is 15.9 Å². The molecule has 4 bridgehead atoms. The van der Waals surface area contributed by atoms with Gasteiger partial charge >= 0.3 is 0 Å². The van der Waals surface area contributed by atoms with Gasteiger partial charge in [0.15, 0.2) is 0 Å². The van der Waals surface area contributed by atoms with Crippen molar-refractivity contribution in [3.63, 3.8) is 0 Å². The lowest BCUT2D eigenvalue weighted by atomic mass is 9.48. The van der Waals surface area contributed by atoms with Crippen molar-refractivity contribution in [2.45, 2.75) is 69.2 Å². The van der Waals surface area contributed by atoms with Crippen LogP contribution < -0.4 is 5.32 Å². The van der Waals surface area contributed by atoms with E-state index in [0.29, 0.717) is 36.2 Å². The van der Waals surface area contributed by atoms with E-state index < -0.39 is 10.0 Å². The van der Waals surface area contributed by atoms with Crippen LogP contribution in [-0.4, -0.2) is 37.8 Å². The molecule has 1 unspecified atom stereocenters. The molecule has 1 aromatic rings. The van der Waals surface area contributed by atoms with Gasteiger partial charge in [-0.3, -0.25) is 4.79 Å². The van der Waals surface area contributed by atoms with Gasteiger partial charge < -0.3 is 5.32 Å². The molecule has 0 spiro atoms. The average Bonchev–Trinajstić information content (AvgIpc) is 2.73. The minimum atomic E-state index is -3.46. The van der Waals surface area contributed by atoms with E-state index in [1.165, 1.54) is 42.8 Å². The van der Waals surface area contributed by atoms with Crippen LogP contribution in [0.25, 0.3) is 0 Å². The maximum absolute atomic E-state index is 13.0. The second kappa shape index (κ2) is 7.63. The number of sulfonamides is 1. The first kappa shape index (κ1) is 20.5. The van der Waals surface area contributed by atoms with Gasteiger partial charge in [0.25, 0.3) is 0 Å². The Kier molecular flexibility index (Phi) is 5.21. The summed E-state index contributed by atoms with van der Waals surface area (Å²) in [7, 11) is -3.46. The topological polar surface area (TPSA) is 66.5 Å². The predicted molar refractivity (Wildman–Crippen MR) is 116 cm³/mol. The first-order valence-electron chi connectivity index (χ1n) is 11.7. The molecule has 1 aromatic carbocycles. The summed E-state index contributed by atoms with van der Waals surface area (Å²) in [5.41, 5.74) is 0.307. The fourth-order valence-electron chi connectivity index (χ4n) is 7.29. The highest BCUT2D eigenvalue weighted by Crippen LogP contribution is 2.61. The van der Waals surface area contributed by atoms with Crippen LogP contribution in [0.3, 0.4) is 0 Å². The fourth-order valence-corrected chi connectivity index (χ4v) is 8.78. The molecule has 164 valence electrons. The Bertz CT molecular complexity index is 855. The van der Waals surface area contributed by atoms with Gasteiger partial charge in [0.1, 0.15) is 0 Å². The van der Waals surface area contributed by atoms with E-state index in [0.717, 1.165) is 17.8 Å². The fraction of sp³-hybridized carbons (Fsp3) is 0.708. The maximum Gasteiger partial charge on any atom is 0.243 e. The summed E-state index contributed by atoms with van der Waals surface area (Å²) >= 11 is 0. The van der Waals surface area contributed by atoms with Gasteiger partial charge in [-0.05, 0) is 93.6 Å². The Morgan fingerprint density at radius 3 is 2.07 bits per heavy atom. The van der Waals surface area contributed by atoms with E-state index in [1.54, 1.807) is 24.3 Å². The van der Waals surface area contributed by atoms with Crippen molar-refractivity contribution in [1.29, 1.82) is 0 Å². The standard InChI is InChI=1S/C24H34N2O3S/c1-17(24-14-18-11-19(15-24)13-20(12-18)16-24)25-23(27)21-7-9-26(10-8-21)30(28,29)22-5-3-2-4-6-22/h2-6,17-21H,7-16H2,1H3,(H,25,27). The van der Waals surface area contributed by atoms with Gasteiger partial charge in [-0.2, -0.15) is 4.31 Å². The van der Waals surface area contributed by atoms with Gasteiger partial charge in [0.05, 0.1) is 4.90 Å². The zero-order valence-corrected chi connectivity index (χ0v) is 18.7. The van der Waals surface area contributed by atoms with Gasteiger partial charge in [-0.15, -0.1) is 0 Å². The third kappa shape index (κ3) is 3.60. The normalized spacial score (nSPS) is 35.3. The van der Waals surface area contributed by atoms with Crippen LogP contribution in [-0.2, 0) is 14.8 Å². The highest BCUT2D eigenvalue weighted by molar-refractivity contribution is 7.89. The van der Waals surface area contributed by atoms with Crippen molar-refractivity contribution in [3.05, 3.63) is 30.3 Å². The molecule has 1 aliphatic heterocycles. The largest absolute Gasteiger partial charge is 0.353 e. The molecule has 4 saturated carbocycles. The van der Waals surface area contributed by atoms with Gasteiger partial charge in [0, 0.05) is 25.0 Å². The molecule has 5 fully saturated rings. The Morgan fingerprint density at radius 2 is 1.53 bits per heavy atom. The lowest BCUT2D eigenvalue weighted by Gasteiger charge is -2.59. The zero-order chi connectivity index (χ0) is 20.9. The molecule has 1 heterocycles. The number of rotatable bonds is 5. The molecule has 6 heteroatoms. The third-order valence-corrected chi connectivity index (χ3v) is 10.5. The highest BCUT2D eigenvalue weighted by atomic mass is 32.2. The van der Waals surface area contributed by atoms with Crippen LogP contribution in [0.15, 0.2) is 35.2 Å². The molecular weight excluding hydrogens is 396 g/mol. The monoisotopic (exact) mass is 430 g/mol. The highest BCUT2D eigenvalue weighted by Gasteiger charge is 2.53. The van der Waals surface area contributed by atoms with Crippen LogP contribution in [0.4, 0.5) is 0 Å². The van der Waals surface area contributed by atoms with Crippen molar-refractivity contribution in [2.24, 2.45) is 29.1 Å². The van der Waals surface area contributed by atoms with Gasteiger partial charge in [0.2, 0.25) is 15.9 Å². The van der Waals surface area contributed by atoms with Crippen LogP contribution in [0.1, 0.15) is 58.3 Å². The number of carbonyl (C=O) groups is 1. The number of carbonyl (C=O) groups excluding carboxylic acids is 1. The Balaban J connectivity index is 1.19. The molecule has 1 saturated heterocycles. The number of piperidine rings is 1. The summed E-state index contributed by atoms with van der Waals surface area (Å²) in [6.45, 7) is 3.06. The van der Waals surface area contributed by atoms with Crippen LogP contribution in [0.2, 0.25) is 0 Å². The Hall–Kier alpha value is -1.40. The molecule has 30 heavy (non-hydrogen) atoms. The lowest BCUT2D eigenvalue weighted by Crippen LogP contribution is -2.56. The molecular formula is C24H34N2O3S. The van der Waals surface area contributed by atoms with E-state index in [4.69, 9.17) is 0 Å². The molecule has 5 nitrogen and oxygen atoms in total. The van der Waals surface area contributed by atoms with E-state index in [1.807, 2.05) is 6.07 Å². The molecule has 4 aliphatic carbocycles. The SMILES string of the molecule is CC(NC(=O)C1CCN(S(=O)(=O)c2ccccc2)CC1)C12CC3CC(CC(C3)C1)C2. The lowest BCUT2D eigenvalue weighted by molar-refractivity contribution is -0.130. The van der Waals surface area contributed by atoms with E-state index in [9.17, 15) is 13.2 Å². The van der Waals surface area contributed by atoms with Crippen molar-refractivity contribution in [1.82, 2.24) is 9.62 Å². The predicted octanol–water partition coefficient (Wildman–Crippen LogP) is 3.81. The second-order valence-electron chi connectivity index (χ2n) is 10.5. The van der Waals surface area contributed by atoms with E-state index >= 15 is 0 Å². The van der Waals surface area contributed by atoms with Gasteiger partial charge in [-0.1, -0.05) is 18.2 Å². The number of hydrogen-bond donors (Lipinski definition) is 1. The minimum absolute atomic E-state index is 0.0800. The number of benzene rings is 1. The summed E-state index contributed by atoms with van der Waals surface area (Å²) in [5, 5.41) is 3.38. The number of hydrogen-bond acceptors (Lipinski definition) is 3. The van der Waals surface area contributed by atoms with Gasteiger partial charge in [-0.25, -0.2) is 8.42 Å². The van der Waals surface area contributed by atoms with E-state index in [2.05, 4.69) is 12.2 Å². The average molecular weight is 431 g/mol. The molecule has 6 rings (SSSR count). The van der Waals surface area contributed by atoms with Crippen molar-refractivity contribution in [3.8, 4) is 0 Å². The van der Waals surface area contributed by atoms with Crippen molar-refractivity contribution in [2.75, 3.05) is 13.1 Å². The van der Waals surface area contributed by atoms with Crippen LogP contribution in [0.5, 0.6) is 0 Å². The van der Waals surface area contributed by atoms with E-state index in [-0.39, 0.29) is 17.9 Å². The molecule has 1 atom stereocenters. The van der Waals surface area contributed by atoms with Crippen LogP contribution in [0, 0.1) is 29.1 Å². The molecule has 1 amide bonds. The number of nitrogens with one attached hydrogen (secondary N) is 1. The second-order valence-corrected chi connectivity index (χ2v) is 12.4. The third-order valence-electron chi connectivity index (χ3n) is 8.57. The molecule has 0 radical (unpaired) electrons. The summed E-state index contributed by atoms with van der Waals surface area (Å²) in [5.74, 6) is 2.68. The number of amides is 1. The molecule has 1 N–H and O–H groups in total. The summed E-state index contributed by atoms with van der Waals surface area (Å²) in [6, 6.07) is 8.82. The summed E-state index contributed by atoms with van der Waals surface area (Å²) in [6.07, 6.45) is 9.30. The minimum Gasteiger partial charge on any atom is -0.353 e. The summed E-state index contributed by atoms with van der Waals surface area (Å²) in [4.78, 5) is 13.4. The molecule has 0 aromatic heterocycles. The first-order valence-corrected chi connectivity index (χ1v) is 13.2. The Labute approximate surface area is 180 Å². The quantitative estimate of drug-likeness (QED) is 0.772. The first-order chi connectivity index (χ1) is 14.4. The Morgan fingerprint density at radius 1 is 1.00 bits per heavy atom. The maximum atomic E-state index is 13.0. The zero-order valence-electron chi connectivity index (χ0n) is 17.9. The van der Waals surface area contributed by atoms with Crippen LogP contribution >= 0.6 is 0 Å². The van der Waals surface area contributed by atoms with Crippen molar-refractivity contribution < 1.29 is 13.2 Å². The summed E-state index contributed by atoms with van der Waals surface area (Å²) < 4.78 is 27.2. The smallest absolute Gasteiger partial charge is 0.243 e. The molecule has 5 aliphatic rings.